The summed E-state index contributed by atoms with van der Waals surface area (Å²) < 4.78 is 0. The van der Waals surface area contributed by atoms with Crippen LogP contribution in [0.15, 0.2) is 54.2 Å². The van der Waals surface area contributed by atoms with E-state index in [1.165, 1.54) is 18.2 Å². The molecule has 0 radical (unpaired) electrons. The van der Waals surface area contributed by atoms with Gasteiger partial charge < -0.3 is 5.11 Å². The highest BCUT2D eigenvalue weighted by Crippen LogP contribution is 2.30. The number of aromatic nitrogens is 1. The van der Waals surface area contributed by atoms with E-state index in [0.29, 0.717) is 11.1 Å². The van der Waals surface area contributed by atoms with Gasteiger partial charge in [0.25, 0.3) is 0 Å². The van der Waals surface area contributed by atoms with Crippen LogP contribution in [0.1, 0.15) is 23.9 Å². The van der Waals surface area contributed by atoms with E-state index in [9.17, 15) is 10.0 Å². The Kier molecular flexibility index (Phi) is 4.28. The van der Waals surface area contributed by atoms with Crippen LogP contribution in [0, 0.1) is 11.8 Å². The van der Waals surface area contributed by atoms with Crippen LogP contribution in [0.3, 0.4) is 0 Å². The maximum Gasteiger partial charge on any atom is 0.123 e. The zero-order valence-corrected chi connectivity index (χ0v) is 12.0. The molecule has 0 saturated carbocycles. The van der Waals surface area contributed by atoms with Crippen LogP contribution in [-0.2, 0) is 0 Å². The van der Waals surface area contributed by atoms with Gasteiger partial charge in [-0.1, -0.05) is 12.6 Å². The van der Waals surface area contributed by atoms with Crippen LogP contribution in [0.4, 0.5) is 5.69 Å². The van der Waals surface area contributed by atoms with Crippen molar-refractivity contribution in [2.24, 2.45) is 5.18 Å². The first-order valence-corrected chi connectivity index (χ1v) is 6.49. The van der Waals surface area contributed by atoms with Crippen molar-refractivity contribution in [2.45, 2.75) is 13.8 Å². The largest absolute Gasteiger partial charge is 0.507 e. The van der Waals surface area contributed by atoms with Gasteiger partial charge in [0.2, 0.25) is 0 Å². The predicted octanol–water partition coefficient (Wildman–Crippen LogP) is 4.61. The van der Waals surface area contributed by atoms with Gasteiger partial charge in [0.1, 0.15) is 11.4 Å². The lowest BCUT2D eigenvalue weighted by Crippen LogP contribution is -1.89. The van der Waals surface area contributed by atoms with E-state index >= 15 is 0 Å². The maximum absolute atomic E-state index is 10.6. The summed E-state index contributed by atoms with van der Waals surface area (Å²) in [6.45, 7) is 7.79. The van der Waals surface area contributed by atoms with E-state index in [-0.39, 0.29) is 11.4 Å². The molecule has 2 aromatic rings. The van der Waals surface area contributed by atoms with E-state index in [0.717, 1.165) is 17.0 Å². The van der Waals surface area contributed by atoms with Gasteiger partial charge in [-0.2, -0.15) is 0 Å². The third-order valence-electron chi connectivity index (χ3n) is 3.11. The van der Waals surface area contributed by atoms with E-state index in [2.05, 4.69) is 16.7 Å². The van der Waals surface area contributed by atoms with E-state index in [4.69, 9.17) is 0 Å². The SMILES string of the molecule is C=C(/C=C(\C)c1cccc(C)n1)c1cc(N=O)ccc1O. The standard InChI is InChI=1S/C17H16N2O2/c1-11(15-10-14(19-21)7-8-17(15)20)9-12(2)16-6-4-5-13(3)18-16/h4-10,20H,1H2,2-3H3/b12-9+. The molecule has 0 atom stereocenters. The van der Waals surface area contributed by atoms with Crippen molar-refractivity contribution in [1.29, 1.82) is 0 Å². The summed E-state index contributed by atoms with van der Waals surface area (Å²) in [4.78, 5) is 15.0. The van der Waals surface area contributed by atoms with Gasteiger partial charge in [-0.25, -0.2) is 0 Å². The molecule has 4 heteroatoms. The van der Waals surface area contributed by atoms with Crippen molar-refractivity contribution >= 4 is 16.8 Å². The van der Waals surface area contributed by atoms with Gasteiger partial charge in [-0.05, 0) is 66.6 Å². The Balaban J connectivity index is 2.36. The van der Waals surface area contributed by atoms with Crippen molar-refractivity contribution in [3.63, 3.8) is 0 Å². The van der Waals surface area contributed by atoms with Crippen molar-refractivity contribution in [1.82, 2.24) is 4.98 Å². The molecule has 1 aromatic heterocycles. The molecule has 0 aliphatic rings. The van der Waals surface area contributed by atoms with Gasteiger partial charge >= 0.3 is 0 Å². The molecule has 0 aliphatic carbocycles. The zero-order valence-electron chi connectivity index (χ0n) is 12.0. The number of phenols is 1. The number of pyridine rings is 1. The first kappa shape index (κ1) is 14.7. The van der Waals surface area contributed by atoms with Crippen LogP contribution in [0.5, 0.6) is 5.75 Å². The Hall–Kier alpha value is -2.75. The molecule has 1 aromatic carbocycles. The molecular formula is C17H16N2O2. The summed E-state index contributed by atoms with van der Waals surface area (Å²) >= 11 is 0. The topological polar surface area (TPSA) is 62.5 Å². The molecule has 21 heavy (non-hydrogen) atoms. The van der Waals surface area contributed by atoms with E-state index in [1.54, 1.807) is 0 Å². The number of allylic oxidation sites excluding steroid dienone is 3. The lowest BCUT2D eigenvalue weighted by molar-refractivity contribution is 0.474. The van der Waals surface area contributed by atoms with Crippen LogP contribution >= 0.6 is 0 Å². The number of nitroso groups, excluding NO2 is 1. The number of aromatic hydroxyl groups is 1. The number of hydrogen-bond donors (Lipinski definition) is 1. The van der Waals surface area contributed by atoms with Crippen molar-refractivity contribution in [2.75, 3.05) is 0 Å². The van der Waals surface area contributed by atoms with Crippen LogP contribution in [0.25, 0.3) is 11.1 Å². The second-order valence-corrected chi connectivity index (χ2v) is 4.81. The minimum absolute atomic E-state index is 0.0636. The van der Waals surface area contributed by atoms with Crippen molar-refractivity contribution < 1.29 is 5.11 Å². The van der Waals surface area contributed by atoms with Gasteiger partial charge in [0.05, 0.1) is 5.69 Å². The Morgan fingerprint density at radius 3 is 2.76 bits per heavy atom. The third kappa shape index (κ3) is 3.42. The van der Waals surface area contributed by atoms with Crippen LogP contribution in [-0.4, -0.2) is 10.1 Å². The van der Waals surface area contributed by atoms with E-state index in [1.807, 2.05) is 38.1 Å². The van der Waals surface area contributed by atoms with Gasteiger partial charge in [0.15, 0.2) is 0 Å². The highest BCUT2D eigenvalue weighted by atomic mass is 16.3. The van der Waals surface area contributed by atoms with E-state index < -0.39 is 0 Å². The second kappa shape index (κ2) is 6.13. The Bertz CT molecular complexity index is 733. The maximum atomic E-state index is 10.6. The molecular weight excluding hydrogens is 264 g/mol. The second-order valence-electron chi connectivity index (χ2n) is 4.81. The number of nitrogens with zero attached hydrogens (tertiary/aromatic N) is 2. The summed E-state index contributed by atoms with van der Waals surface area (Å²) in [7, 11) is 0. The predicted molar refractivity (Wildman–Crippen MR) is 85.2 cm³/mol. The molecule has 0 aliphatic heterocycles. The molecule has 106 valence electrons. The fourth-order valence-corrected chi connectivity index (χ4v) is 2.01. The average molecular weight is 280 g/mol. The van der Waals surface area contributed by atoms with Crippen LogP contribution < -0.4 is 0 Å². The number of benzene rings is 1. The number of phenolic OH excluding ortho intramolecular Hbond substituents is 1. The molecule has 0 spiro atoms. The van der Waals surface area contributed by atoms with Crippen molar-refractivity contribution in [3.05, 3.63) is 70.9 Å². The van der Waals surface area contributed by atoms with Gasteiger partial charge in [0, 0.05) is 11.3 Å². The quantitative estimate of drug-likeness (QED) is 0.657. The van der Waals surface area contributed by atoms with Gasteiger partial charge in [-0.3, -0.25) is 4.98 Å². The molecule has 4 nitrogen and oxygen atoms in total. The van der Waals surface area contributed by atoms with Crippen molar-refractivity contribution in [3.8, 4) is 5.75 Å². The monoisotopic (exact) mass is 280 g/mol. The molecule has 1 N–H and O–H groups in total. The smallest absolute Gasteiger partial charge is 0.123 e. The summed E-state index contributed by atoms with van der Waals surface area (Å²) in [6, 6.07) is 10.2. The summed E-state index contributed by atoms with van der Waals surface area (Å²) in [5.74, 6) is 0.0636. The third-order valence-corrected chi connectivity index (χ3v) is 3.11. The highest BCUT2D eigenvalue weighted by Gasteiger charge is 2.07. The zero-order chi connectivity index (χ0) is 15.4. The first-order valence-electron chi connectivity index (χ1n) is 6.49. The highest BCUT2D eigenvalue weighted by molar-refractivity contribution is 5.84. The Morgan fingerprint density at radius 2 is 2.10 bits per heavy atom. The minimum Gasteiger partial charge on any atom is -0.507 e. The average Bonchev–Trinajstić information content (AvgIpc) is 2.47. The number of rotatable bonds is 4. The molecule has 0 fully saturated rings. The Morgan fingerprint density at radius 1 is 1.33 bits per heavy atom. The van der Waals surface area contributed by atoms with Gasteiger partial charge in [-0.15, -0.1) is 4.91 Å². The lowest BCUT2D eigenvalue weighted by Gasteiger charge is -2.07. The molecule has 0 unspecified atom stereocenters. The molecule has 0 saturated heterocycles. The molecule has 2 rings (SSSR count). The summed E-state index contributed by atoms with van der Waals surface area (Å²) in [6.07, 6.45) is 1.82. The Labute approximate surface area is 123 Å². The molecule has 0 amide bonds. The minimum atomic E-state index is 0.0636. The summed E-state index contributed by atoms with van der Waals surface area (Å²) in [5.41, 5.74) is 4.04. The molecule has 0 bridgehead atoms. The first-order chi connectivity index (χ1) is 10.0. The number of hydrogen-bond acceptors (Lipinski definition) is 4. The summed E-state index contributed by atoms with van der Waals surface area (Å²) in [5, 5.41) is 12.7. The molecule has 1 heterocycles. The fourth-order valence-electron chi connectivity index (χ4n) is 2.01. The number of aryl methyl sites for hydroxylation is 1. The lowest BCUT2D eigenvalue weighted by atomic mass is 10.0. The normalized spacial score (nSPS) is 11.2. The fraction of sp³-hybridized carbons (Fsp3) is 0.118. The van der Waals surface area contributed by atoms with Crippen LogP contribution in [0.2, 0.25) is 0 Å².